The number of aliphatic hydroxyl groups excluding tert-OH is 1. The van der Waals surface area contributed by atoms with Crippen LogP contribution in [0, 0.1) is 5.92 Å². The fourth-order valence-corrected chi connectivity index (χ4v) is 2.86. The van der Waals surface area contributed by atoms with E-state index in [-0.39, 0.29) is 6.10 Å². The summed E-state index contributed by atoms with van der Waals surface area (Å²) in [5.41, 5.74) is 0. The molecule has 2 saturated carbocycles. The lowest BCUT2D eigenvalue weighted by atomic mass is 10.1. The molecule has 3 rings (SSSR count). The van der Waals surface area contributed by atoms with Crippen molar-refractivity contribution in [1.82, 2.24) is 25.1 Å². The summed E-state index contributed by atoms with van der Waals surface area (Å²) in [5, 5.41) is 21.8. The van der Waals surface area contributed by atoms with Crippen LogP contribution in [0.2, 0.25) is 0 Å². The van der Waals surface area contributed by atoms with Gasteiger partial charge in [-0.25, -0.2) is 4.68 Å². The number of aromatic nitrogens is 4. The molecule has 1 aromatic heterocycles. The van der Waals surface area contributed by atoms with E-state index in [0.29, 0.717) is 12.0 Å². The molecule has 1 aromatic rings. The molecular formula is C12H21N5O. The SMILES string of the molecule is CN(Cc1nnnn1C1CC1)CC1CCCC1O. The van der Waals surface area contributed by atoms with Crippen LogP contribution in [0.15, 0.2) is 0 Å². The number of rotatable bonds is 5. The van der Waals surface area contributed by atoms with Crippen molar-refractivity contribution in [3.63, 3.8) is 0 Å². The average Bonchev–Trinajstić information content (AvgIpc) is 2.96. The van der Waals surface area contributed by atoms with Gasteiger partial charge in [-0.1, -0.05) is 6.42 Å². The van der Waals surface area contributed by atoms with Crippen LogP contribution in [0.25, 0.3) is 0 Å². The van der Waals surface area contributed by atoms with Gasteiger partial charge in [0.25, 0.3) is 0 Å². The smallest absolute Gasteiger partial charge is 0.165 e. The highest BCUT2D eigenvalue weighted by Crippen LogP contribution is 2.34. The summed E-state index contributed by atoms with van der Waals surface area (Å²) >= 11 is 0. The van der Waals surface area contributed by atoms with Crippen LogP contribution < -0.4 is 0 Å². The molecule has 0 spiro atoms. The largest absolute Gasteiger partial charge is 0.393 e. The molecule has 0 aliphatic heterocycles. The maximum Gasteiger partial charge on any atom is 0.165 e. The Kier molecular flexibility index (Phi) is 3.30. The van der Waals surface area contributed by atoms with Gasteiger partial charge in [0.05, 0.1) is 18.7 Å². The first-order valence-electron chi connectivity index (χ1n) is 6.87. The van der Waals surface area contributed by atoms with Crippen molar-refractivity contribution in [1.29, 1.82) is 0 Å². The monoisotopic (exact) mass is 251 g/mol. The third-order valence-electron chi connectivity index (χ3n) is 4.03. The van der Waals surface area contributed by atoms with Crippen LogP contribution in [0.3, 0.4) is 0 Å². The van der Waals surface area contributed by atoms with Crippen molar-refractivity contribution < 1.29 is 5.11 Å². The Morgan fingerprint density at radius 2 is 2.17 bits per heavy atom. The molecule has 100 valence electrons. The van der Waals surface area contributed by atoms with E-state index in [1.54, 1.807) is 0 Å². The highest BCUT2D eigenvalue weighted by atomic mass is 16.3. The Labute approximate surface area is 107 Å². The number of hydrogen-bond acceptors (Lipinski definition) is 5. The van der Waals surface area contributed by atoms with E-state index in [1.165, 1.54) is 12.8 Å². The lowest BCUT2D eigenvalue weighted by Gasteiger charge is -2.22. The lowest BCUT2D eigenvalue weighted by molar-refractivity contribution is 0.106. The van der Waals surface area contributed by atoms with Gasteiger partial charge in [-0.05, 0) is 49.1 Å². The molecule has 1 N–H and O–H groups in total. The minimum absolute atomic E-state index is 0.119. The predicted molar refractivity (Wildman–Crippen MR) is 65.8 cm³/mol. The van der Waals surface area contributed by atoms with Crippen LogP contribution in [0.4, 0.5) is 0 Å². The van der Waals surface area contributed by atoms with Crippen LogP contribution in [-0.4, -0.2) is 49.9 Å². The zero-order valence-electron chi connectivity index (χ0n) is 10.9. The maximum absolute atomic E-state index is 9.84. The van der Waals surface area contributed by atoms with Crippen LogP contribution in [0.1, 0.15) is 44.0 Å². The molecule has 0 radical (unpaired) electrons. The fraction of sp³-hybridized carbons (Fsp3) is 0.917. The van der Waals surface area contributed by atoms with Gasteiger partial charge >= 0.3 is 0 Å². The van der Waals surface area contributed by atoms with E-state index >= 15 is 0 Å². The first kappa shape index (κ1) is 12.0. The van der Waals surface area contributed by atoms with Crippen molar-refractivity contribution >= 4 is 0 Å². The second kappa shape index (κ2) is 4.93. The average molecular weight is 251 g/mol. The minimum atomic E-state index is -0.119. The van der Waals surface area contributed by atoms with E-state index in [4.69, 9.17) is 0 Å². The van der Waals surface area contributed by atoms with Gasteiger partial charge in [0.2, 0.25) is 0 Å². The molecule has 2 fully saturated rings. The van der Waals surface area contributed by atoms with E-state index in [0.717, 1.165) is 38.2 Å². The zero-order chi connectivity index (χ0) is 12.5. The second-order valence-electron chi connectivity index (χ2n) is 5.73. The Bertz CT molecular complexity index is 403. The van der Waals surface area contributed by atoms with Gasteiger partial charge in [-0.2, -0.15) is 0 Å². The van der Waals surface area contributed by atoms with Gasteiger partial charge in [0.1, 0.15) is 0 Å². The van der Waals surface area contributed by atoms with E-state index in [1.807, 2.05) is 4.68 Å². The Morgan fingerprint density at radius 1 is 1.33 bits per heavy atom. The molecule has 0 bridgehead atoms. The van der Waals surface area contributed by atoms with Crippen molar-refractivity contribution in [3.8, 4) is 0 Å². The van der Waals surface area contributed by atoms with Crippen molar-refractivity contribution in [2.75, 3.05) is 13.6 Å². The lowest BCUT2D eigenvalue weighted by Crippen LogP contribution is -2.30. The van der Waals surface area contributed by atoms with Gasteiger partial charge in [-0.3, -0.25) is 4.90 Å². The van der Waals surface area contributed by atoms with Crippen molar-refractivity contribution in [2.45, 2.75) is 50.8 Å². The van der Waals surface area contributed by atoms with Crippen LogP contribution >= 0.6 is 0 Å². The summed E-state index contributed by atoms with van der Waals surface area (Å²) in [7, 11) is 2.08. The third kappa shape index (κ3) is 2.54. The molecule has 2 aliphatic carbocycles. The first-order chi connectivity index (χ1) is 8.74. The van der Waals surface area contributed by atoms with Gasteiger partial charge in [0, 0.05) is 6.54 Å². The van der Waals surface area contributed by atoms with Gasteiger partial charge in [-0.15, -0.1) is 5.10 Å². The number of hydrogen-bond donors (Lipinski definition) is 1. The molecule has 0 saturated heterocycles. The molecule has 6 nitrogen and oxygen atoms in total. The van der Waals surface area contributed by atoms with Crippen molar-refractivity contribution in [3.05, 3.63) is 5.82 Å². The fourth-order valence-electron chi connectivity index (χ4n) is 2.86. The zero-order valence-corrected chi connectivity index (χ0v) is 10.9. The molecule has 2 atom stereocenters. The quantitative estimate of drug-likeness (QED) is 0.830. The number of aliphatic hydroxyl groups is 1. The summed E-state index contributed by atoms with van der Waals surface area (Å²) in [6, 6.07) is 0.528. The Hall–Kier alpha value is -1.01. The second-order valence-corrected chi connectivity index (χ2v) is 5.73. The molecule has 0 aromatic carbocycles. The summed E-state index contributed by atoms with van der Waals surface area (Å²) in [6.45, 7) is 1.70. The van der Waals surface area contributed by atoms with E-state index in [9.17, 15) is 5.11 Å². The van der Waals surface area contributed by atoms with Crippen molar-refractivity contribution in [2.24, 2.45) is 5.92 Å². The summed E-state index contributed by atoms with van der Waals surface area (Å²) in [5.74, 6) is 1.37. The highest BCUT2D eigenvalue weighted by molar-refractivity contribution is 4.90. The summed E-state index contributed by atoms with van der Waals surface area (Å²) < 4.78 is 1.96. The summed E-state index contributed by atoms with van der Waals surface area (Å²) in [4.78, 5) is 2.23. The van der Waals surface area contributed by atoms with Gasteiger partial charge in [0.15, 0.2) is 5.82 Å². The molecule has 2 unspecified atom stereocenters. The molecule has 2 aliphatic rings. The standard InChI is InChI=1S/C12H21N5O/c1-16(7-9-3-2-4-11(9)18)8-12-13-14-15-17(12)10-5-6-10/h9-11,18H,2-8H2,1H3. The highest BCUT2D eigenvalue weighted by Gasteiger charge is 2.29. The maximum atomic E-state index is 9.84. The number of tetrazole rings is 1. The van der Waals surface area contributed by atoms with E-state index < -0.39 is 0 Å². The first-order valence-corrected chi connectivity index (χ1v) is 6.87. The Morgan fingerprint density at radius 3 is 2.83 bits per heavy atom. The summed E-state index contributed by atoms with van der Waals surface area (Å²) in [6.07, 6.45) is 5.52. The topological polar surface area (TPSA) is 67.1 Å². The number of nitrogens with zero attached hydrogens (tertiary/aromatic N) is 5. The molecule has 0 amide bonds. The van der Waals surface area contributed by atoms with E-state index in [2.05, 4.69) is 27.5 Å². The molecule has 18 heavy (non-hydrogen) atoms. The minimum Gasteiger partial charge on any atom is -0.393 e. The third-order valence-corrected chi connectivity index (χ3v) is 4.03. The molecule has 6 heteroatoms. The van der Waals surface area contributed by atoms with Crippen LogP contribution in [0.5, 0.6) is 0 Å². The van der Waals surface area contributed by atoms with Crippen LogP contribution in [-0.2, 0) is 6.54 Å². The predicted octanol–water partition coefficient (Wildman–Crippen LogP) is 0.601. The molecule has 1 heterocycles. The Balaban J connectivity index is 1.56. The normalized spacial score (nSPS) is 28.2. The van der Waals surface area contributed by atoms with Gasteiger partial charge < -0.3 is 5.11 Å². The molecular weight excluding hydrogens is 230 g/mol.